The highest BCUT2D eigenvalue weighted by atomic mass is 35.5. The van der Waals surface area contributed by atoms with Crippen molar-refractivity contribution in [2.75, 3.05) is 19.4 Å². The summed E-state index contributed by atoms with van der Waals surface area (Å²) in [5, 5.41) is 8.96. The van der Waals surface area contributed by atoms with Crippen molar-refractivity contribution in [1.82, 2.24) is 14.1 Å². The van der Waals surface area contributed by atoms with Crippen molar-refractivity contribution in [3.63, 3.8) is 0 Å². The van der Waals surface area contributed by atoms with Crippen molar-refractivity contribution in [1.29, 1.82) is 0 Å². The third kappa shape index (κ3) is 4.04. The number of benzene rings is 2. The van der Waals surface area contributed by atoms with Crippen LogP contribution in [0.15, 0.2) is 53.4 Å². The predicted molar refractivity (Wildman–Crippen MR) is 129 cm³/mol. The minimum atomic E-state index is -3.61. The number of thiophene rings is 1. The molecule has 0 aliphatic carbocycles. The number of carbonyl (C=O) groups is 1. The molecule has 1 N–H and O–H groups in total. The fourth-order valence-corrected chi connectivity index (χ4v) is 5.34. The lowest BCUT2D eigenvalue weighted by Crippen LogP contribution is -2.22. The molecular formula is C22H21ClN4O3S2. The van der Waals surface area contributed by atoms with Gasteiger partial charge in [-0.05, 0) is 61.9 Å². The first kappa shape index (κ1) is 22.5. The lowest BCUT2D eigenvalue weighted by molar-refractivity contribution is 0.103. The van der Waals surface area contributed by atoms with Crippen molar-refractivity contribution in [2.24, 2.45) is 0 Å². The van der Waals surface area contributed by atoms with E-state index in [0.29, 0.717) is 15.6 Å². The van der Waals surface area contributed by atoms with Gasteiger partial charge in [0.05, 0.1) is 21.2 Å². The highest BCUT2D eigenvalue weighted by Gasteiger charge is 2.21. The second kappa shape index (κ2) is 8.32. The summed E-state index contributed by atoms with van der Waals surface area (Å²) in [6.07, 6.45) is 0. The Bertz CT molecular complexity index is 1440. The lowest BCUT2D eigenvalue weighted by atomic mass is 10.2. The van der Waals surface area contributed by atoms with Crippen LogP contribution in [0.3, 0.4) is 0 Å². The molecule has 0 atom stereocenters. The van der Waals surface area contributed by atoms with Gasteiger partial charge in [-0.2, -0.15) is 5.10 Å². The quantitative estimate of drug-likeness (QED) is 0.434. The summed E-state index contributed by atoms with van der Waals surface area (Å²) in [5.41, 5.74) is 2.87. The molecule has 4 rings (SSSR count). The number of amides is 1. The number of aryl methyl sites for hydroxylation is 2. The average molecular weight is 489 g/mol. The molecule has 2 heterocycles. The van der Waals surface area contributed by atoms with E-state index in [0.717, 1.165) is 31.5 Å². The molecule has 0 aliphatic heterocycles. The van der Waals surface area contributed by atoms with Crippen molar-refractivity contribution >= 4 is 54.8 Å². The van der Waals surface area contributed by atoms with Gasteiger partial charge in [0, 0.05) is 30.2 Å². The number of nitrogens with one attached hydrogen (secondary N) is 1. The molecule has 166 valence electrons. The molecule has 0 unspecified atom stereocenters. The number of hydrogen-bond acceptors (Lipinski definition) is 5. The van der Waals surface area contributed by atoms with Gasteiger partial charge in [-0.15, -0.1) is 11.3 Å². The first-order valence-corrected chi connectivity index (χ1v) is 12.3. The van der Waals surface area contributed by atoms with E-state index in [1.165, 1.54) is 37.6 Å². The Morgan fingerprint density at radius 3 is 2.44 bits per heavy atom. The van der Waals surface area contributed by atoms with Crippen LogP contribution in [0.1, 0.15) is 20.9 Å². The zero-order chi connectivity index (χ0) is 23.2. The fourth-order valence-electron chi connectivity index (χ4n) is 3.21. The van der Waals surface area contributed by atoms with Crippen molar-refractivity contribution in [3.8, 4) is 5.69 Å². The lowest BCUT2D eigenvalue weighted by Gasteiger charge is -2.14. The summed E-state index contributed by atoms with van der Waals surface area (Å²) in [4.78, 5) is 14.5. The maximum Gasteiger partial charge on any atom is 0.265 e. The topological polar surface area (TPSA) is 84.3 Å². The number of rotatable bonds is 5. The zero-order valence-electron chi connectivity index (χ0n) is 17.9. The van der Waals surface area contributed by atoms with E-state index in [4.69, 9.17) is 11.6 Å². The normalized spacial score (nSPS) is 11.9. The van der Waals surface area contributed by atoms with Gasteiger partial charge in [0.15, 0.2) is 0 Å². The predicted octanol–water partition coefficient (Wildman–Crippen LogP) is 4.86. The molecule has 2 aromatic heterocycles. The van der Waals surface area contributed by atoms with E-state index in [9.17, 15) is 13.2 Å². The maximum absolute atomic E-state index is 13.0. The highest BCUT2D eigenvalue weighted by molar-refractivity contribution is 7.89. The van der Waals surface area contributed by atoms with E-state index < -0.39 is 10.0 Å². The Morgan fingerprint density at radius 2 is 1.78 bits per heavy atom. The van der Waals surface area contributed by atoms with Gasteiger partial charge in [0.2, 0.25) is 10.0 Å². The van der Waals surface area contributed by atoms with Crippen molar-refractivity contribution < 1.29 is 13.2 Å². The van der Waals surface area contributed by atoms with E-state index in [1.54, 1.807) is 28.9 Å². The number of hydrogen-bond donors (Lipinski definition) is 1. The highest BCUT2D eigenvalue weighted by Crippen LogP contribution is 2.32. The average Bonchev–Trinajstić information content (AvgIpc) is 3.31. The van der Waals surface area contributed by atoms with Crippen LogP contribution in [0.2, 0.25) is 5.02 Å². The van der Waals surface area contributed by atoms with Crippen LogP contribution in [0.5, 0.6) is 0 Å². The molecule has 0 bridgehead atoms. The molecule has 4 aromatic rings. The number of anilines is 1. The molecule has 0 spiro atoms. The number of halogens is 1. The molecule has 10 heteroatoms. The summed E-state index contributed by atoms with van der Waals surface area (Å²) in [5.74, 6) is -0.309. The Labute approximate surface area is 195 Å². The van der Waals surface area contributed by atoms with Crippen LogP contribution in [-0.4, -0.2) is 42.5 Å². The standard InChI is InChI=1S/C22H21ClN4O3S2/c1-13-5-10-17(32(29,30)26(3)4)11-19(13)24-21(28)20-12-18-14(2)25-27(22(18)31-20)16-8-6-15(23)7-9-16/h5-12H,1-4H3,(H,24,28). The summed E-state index contributed by atoms with van der Waals surface area (Å²) in [7, 11) is -0.671. The summed E-state index contributed by atoms with van der Waals surface area (Å²) < 4.78 is 27.9. The fraction of sp³-hybridized carbons (Fsp3) is 0.182. The minimum absolute atomic E-state index is 0.119. The Kier molecular flexibility index (Phi) is 5.85. The van der Waals surface area contributed by atoms with E-state index in [-0.39, 0.29) is 10.8 Å². The summed E-state index contributed by atoms with van der Waals surface area (Å²) in [6, 6.07) is 13.8. The Balaban J connectivity index is 1.68. The smallest absolute Gasteiger partial charge is 0.265 e. The molecule has 32 heavy (non-hydrogen) atoms. The molecule has 1 amide bonds. The van der Waals surface area contributed by atoms with E-state index >= 15 is 0 Å². The molecular weight excluding hydrogens is 468 g/mol. The van der Waals surface area contributed by atoms with Crippen LogP contribution in [0.25, 0.3) is 15.9 Å². The molecule has 7 nitrogen and oxygen atoms in total. The van der Waals surface area contributed by atoms with Crippen LogP contribution in [0, 0.1) is 13.8 Å². The molecule has 2 aromatic carbocycles. The molecule has 0 saturated carbocycles. The largest absolute Gasteiger partial charge is 0.321 e. The summed E-state index contributed by atoms with van der Waals surface area (Å²) >= 11 is 7.31. The molecule has 0 aliphatic rings. The van der Waals surface area contributed by atoms with Crippen LogP contribution >= 0.6 is 22.9 Å². The third-order valence-corrected chi connectivity index (χ3v) is 8.25. The van der Waals surface area contributed by atoms with Gasteiger partial charge >= 0.3 is 0 Å². The molecule has 0 radical (unpaired) electrons. The van der Waals surface area contributed by atoms with E-state index in [2.05, 4.69) is 10.4 Å². The van der Waals surface area contributed by atoms with Gasteiger partial charge in [0.1, 0.15) is 4.83 Å². The number of carbonyl (C=O) groups excluding carboxylic acids is 1. The number of fused-ring (bicyclic) bond motifs is 1. The van der Waals surface area contributed by atoms with Gasteiger partial charge in [-0.3, -0.25) is 4.79 Å². The summed E-state index contributed by atoms with van der Waals surface area (Å²) in [6.45, 7) is 3.71. The van der Waals surface area contributed by atoms with Crippen LogP contribution in [0.4, 0.5) is 5.69 Å². The second-order valence-electron chi connectivity index (χ2n) is 7.52. The third-order valence-electron chi connectivity index (χ3n) is 5.08. The number of aromatic nitrogens is 2. The van der Waals surface area contributed by atoms with Crippen LogP contribution < -0.4 is 5.32 Å². The number of nitrogens with zero attached hydrogens (tertiary/aromatic N) is 3. The van der Waals surface area contributed by atoms with Crippen molar-refractivity contribution in [2.45, 2.75) is 18.7 Å². The first-order valence-electron chi connectivity index (χ1n) is 9.67. The van der Waals surface area contributed by atoms with Gasteiger partial charge in [-0.1, -0.05) is 17.7 Å². The molecule has 0 saturated heterocycles. The number of sulfonamides is 1. The van der Waals surface area contributed by atoms with Gasteiger partial charge < -0.3 is 5.32 Å². The SMILES string of the molecule is Cc1ccc(S(=O)(=O)N(C)C)cc1NC(=O)c1cc2c(C)nn(-c3ccc(Cl)cc3)c2s1. The zero-order valence-corrected chi connectivity index (χ0v) is 20.3. The van der Waals surface area contributed by atoms with Gasteiger partial charge in [-0.25, -0.2) is 17.4 Å². The first-order chi connectivity index (χ1) is 15.1. The van der Waals surface area contributed by atoms with E-state index in [1.807, 2.05) is 26.0 Å². The minimum Gasteiger partial charge on any atom is -0.321 e. The Hall–Kier alpha value is -2.72. The van der Waals surface area contributed by atoms with Crippen molar-refractivity contribution in [3.05, 3.63) is 69.7 Å². The second-order valence-corrected chi connectivity index (χ2v) is 11.1. The van der Waals surface area contributed by atoms with Gasteiger partial charge in [0.25, 0.3) is 5.91 Å². The maximum atomic E-state index is 13.0. The molecule has 0 fully saturated rings. The van der Waals surface area contributed by atoms with Crippen LogP contribution in [-0.2, 0) is 10.0 Å². The Morgan fingerprint density at radius 1 is 1.09 bits per heavy atom. The monoisotopic (exact) mass is 488 g/mol.